The summed E-state index contributed by atoms with van der Waals surface area (Å²) >= 11 is 12.2. The highest BCUT2D eigenvalue weighted by molar-refractivity contribution is 7.85. The topological polar surface area (TPSA) is 101 Å². The number of anilines is 1. The van der Waals surface area contributed by atoms with Gasteiger partial charge in [-0.2, -0.15) is 21.6 Å². The van der Waals surface area contributed by atoms with E-state index in [-0.39, 0.29) is 41.9 Å². The molecule has 0 aromatic heterocycles. The molecule has 0 saturated carbocycles. The SMILES string of the molecule is O=C(CCCS(=O)(=O)O)c1ccc(CC(C(=O)Nc2ccc(-c3ccc(Cl)cc3Cl)cc2F)c2ccc(C(F)(F)F)cc2)cc1. The normalized spacial score (nSPS) is 12.5. The molecule has 1 amide bonds. The molecule has 0 aliphatic rings. The molecule has 236 valence electrons. The van der Waals surface area contributed by atoms with Crippen molar-refractivity contribution in [3.8, 4) is 11.1 Å². The Balaban J connectivity index is 1.56. The van der Waals surface area contributed by atoms with Crippen molar-refractivity contribution in [2.75, 3.05) is 11.1 Å². The van der Waals surface area contributed by atoms with E-state index >= 15 is 4.39 Å². The van der Waals surface area contributed by atoms with Crippen LogP contribution < -0.4 is 5.32 Å². The van der Waals surface area contributed by atoms with Gasteiger partial charge in [-0.1, -0.05) is 71.7 Å². The largest absolute Gasteiger partial charge is 0.416 e. The Bertz CT molecular complexity index is 1810. The zero-order valence-electron chi connectivity index (χ0n) is 23.2. The number of Topliss-reactive ketones (excluding diaryl/α,β-unsaturated/α-hetero) is 1. The Morgan fingerprint density at radius 2 is 1.56 bits per heavy atom. The smallest absolute Gasteiger partial charge is 0.323 e. The van der Waals surface area contributed by atoms with Gasteiger partial charge in [-0.3, -0.25) is 14.1 Å². The highest BCUT2D eigenvalue weighted by atomic mass is 35.5. The fourth-order valence-corrected chi connectivity index (χ4v) is 5.64. The third kappa shape index (κ3) is 9.37. The van der Waals surface area contributed by atoms with Crippen molar-refractivity contribution in [1.29, 1.82) is 0 Å². The molecule has 4 aromatic rings. The first-order chi connectivity index (χ1) is 21.1. The molecular weight excluding hydrogens is 657 g/mol. The Labute approximate surface area is 266 Å². The van der Waals surface area contributed by atoms with E-state index in [1.807, 2.05) is 0 Å². The summed E-state index contributed by atoms with van der Waals surface area (Å²) in [7, 11) is -4.20. The van der Waals surface area contributed by atoms with Crippen LogP contribution >= 0.6 is 23.2 Å². The predicted molar refractivity (Wildman–Crippen MR) is 165 cm³/mol. The second-order valence-corrected chi connectivity index (χ2v) is 12.6. The standard InChI is InChI=1S/C32H25Cl2F4NO5S/c33-24-12-13-25(27(34)18-24)22-9-14-29(28(35)17-22)39-31(41)26(20-7-10-23(11-8-20)32(36,37)38)16-19-3-5-21(6-4-19)30(40)2-1-15-45(42,43)44/h3-14,17-18,26H,1-2,15-16H2,(H,39,41)(H,42,43,44). The van der Waals surface area contributed by atoms with Gasteiger partial charge in [0.1, 0.15) is 5.82 Å². The molecule has 0 aliphatic heterocycles. The summed E-state index contributed by atoms with van der Waals surface area (Å²) < 4.78 is 85.4. The fourth-order valence-electron chi connectivity index (χ4n) is 4.62. The van der Waals surface area contributed by atoms with E-state index in [0.29, 0.717) is 26.7 Å². The molecule has 0 heterocycles. The van der Waals surface area contributed by atoms with E-state index in [1.165, 1.54) is 42.5 Å². The number of ketones is 1. The molecule has 4 aromatic carbocycles. The summed E-state index contributed by atoms with van der Waals surface area (Å²) in [4.78, 5) is 25.9. The van der Waals surface area contributed by atoms with Crippen molar-refractivity contribution >= 4 is 50.7 Å². The van der Waals surface area contributed by atoms with Crippen LogP contribution in [-0.4, -0.2) is 30.4 Å². The van der Waals surface area contributed by atoms with Crippen molar-refractivity contribution in [2.24, 2.45) is 0 Å². The summed E-state index contributed by atoms with van der Waals surface area (Å²) in [6.07, 6.45) is -4.78. The van der Waals surface area contributed by atoms with Crippen LogP contribution in [0, 0.1) is 5.82 Å². The van der Waals surface area contributed by atoms with Gasteiger partial charge in [0.25, 0.3) is 10.1 Å². The summed E-state index contributed by atoms with van der Waals surface area (Å²) in [5.74, 6) is -3.42. The molecule has 45 heavy (non-hydrogen) atoms. The van der Waals surface area contributed by atoms with Crippen molar-refractivity contribution < 1.29 is 40.1 Å². The molecule has 1 unspecified atom stereocenters. The van der Waals surface area contributed by atoms with E-state index in [9.17, 15) is 31.2 Å². The molecule has 0 radical (unpaired) electrons. The lowest BCUT2D eigenvalue weighted by Gasteiger charge is -2.19. The first-order valence-electron chi connectivity index (χ1n) is 13.4. The second-order valence-electron chi connectivity index (χ2n) is 10.2. The molecule has 1 atom stereocenters. The van der Waals surface area contributed by atoms with Gasteiger partial charge >= 0.3 is 6.18 Å². The maximum absolute atomic E-state index is 15.2. The Morgan fingerprint density at radius 1 is 0.889 bits per heavy atom. The maximum Gasteiger partial charge on any atom is 0.416 e. The Kier molecular flexibility index (Phi) is 10.7. The lowest BCUT2D eigenvalue weighted by Crippen LogP contribution is -2.24. The molecule has 0 aliphatic carbocycles. The molecule has 0 bridgehead atoms. The Hall–Kier alpha value is -3.77. The molecule has 0 fully saturated rings. The van der Waals surface area contributed by atoms with E-state index in [4.69, 9.17) is 27.8 Å². The number of hydrogen-bond donors (Lipinski definition) is 2. The Morgan fingerprint density at radius 3 is 2.13 bits per heavy atom. The van der Waals surface area contributed by atoms with E-state index in [0.717, 1.165) is 12.1 Å². The molecule has 6 nitrogen and oxygen atoms in total. The highest BCUT2D eigenvalue weighted by Crippen LogP contribution is 2.34. The average molecular weight is 683 g/mol. The van der Waals surface area contributed by atoms with Crippen LogP contribution in [0.5, 0.6) is 0 Å². The number of halogens is 6. The van der Waals surface area contributed by atoms with Crippen LogP contribution in [0.1, 0.15) is 45.8 Å². The number of carbonyl (C=O) groups excluding carboxylic acids is 2. The molecule has 0 saturated heterocycles. The monoisotopic (exact) mass is 681 g/mol. The van der Waals surface area contributed by atoms with Crippen LogP contribution in [0.2, 0.25) is 10.0 Å². The van der Waals surface area contributed by atoms with Crippen LogP contribution in [0.3, 0.4) is 0 Å². The molecular formula is C32H25Cl2F4NO5S. The third-order valence-electron chi connectivity index (χ3n) is 6.95. The van der Waals surface area contributed by atoms with Gasteiger partial charge in [-0.25, -0.2) is 4.39 Å². The van der Waals surface area contributed by atoms with E-state index in [1.54, 1.807) is 30.3 Å². The van der Waals surface area contributed by atoms with E-state index < -0.39 is 45.3 Å². The van der Waals surface area contributed by atoms with Crippen molar-refractivity contribution in [3.05, 3.63) is 123 Å². The summed E-state index contributed by atoms with van der Waals surface area (Å²) in [6.45, 7) is 0. The van der Waals surface area contributed by atoms with Crippen molar-refractivity contribution in [2.45, 2.75) is 31.4 Å². The minimum Gasteiger partial charge on any atom is -0.323 e. The lowest BCUT2D eigenvalue weighted by molar-refractivity contribution is -0.137. The van der Waals surface area contributed by atoms with Crippen molar-refractivity contribution in [1.82, 2.24) is 0 Å². The summed E-state index contributed by atoms with van der Waals surface area (Å²) in [5.41, 5.74) is 0.961. The van der Waals surface area contributed by atoms with Crippen LogP contribution in [0.25, 0.3) is 11.1 Å². The van der Waals surface area contributed by atoms with Gasteiger partial charge < -0.3 is 5.32 Å². The van der Waals surface area contributed by atoms with Gasteiger partial charge in [0.2, 0.25) is 5.91 Å². The van der Waals surface area contributed by atoms with Crippen molar-refractivity contribution in [3.63, 3.8) is 0 Å². The molecule has 0 spiro atoms. The fraction of sp³-hybridized carbons (Fsp3) is 0.188. The van der Waals surface area contributed by atoms with Gasteiger partial charge in [0.05, 0.1) is 22.9 Å². The number of hydrogen-bond acceptors (Lipinski definition) is 4. The second kappa shape index (κ2) is 14.1. The molecule has 4 rings (SSSR count). The van der Waals surface area contributed by atoms with Gasteiger partial charge in [0.15, 0.2) is 5.78 Å². The molecule has 13 heteroatoms. The van der Waals surface area contributed by atoms with Gasteiger partial charge in [-0.15, -0.1) is 0 Å². The number of rotatable bonds is 11. The lowest BCUT2D eigenvalue weighted by atomic mass is 9.89. The minimum absolute atomic E-state index is 0.00545. The number of nitrogens with one attached hydrogen (secondary N) is 1. The summed E-state index contributed by atoms with van der Waals surface area (Å²) in [6, 6.07) is 19.0. The number of benzene rings is 4. The highest BCUT2D eigenvalue weighted by Gasteiger charge is 2.31. The zero-order chi connectivity index (χ0) is 32.9. The maximum atomic E-state index is 15.2. The average Bonchev–Trinajstić information content (AvgIpc) is 2.96. The number of carbonyl (C=O) groups is 2. The molecule has 2 N–H and O–H groups in total. The van der Waals surface area contributed by atoms with Gasteiger partial charge in [-0.05, 0) is 65.9 Å². The summed E-state index contributed by atoms with van der Waals surface area (Å²) in [5, 5.41) is 3.23. The number of alkyl halides is 3. The predicted octanol–water partition coefficient (Wildman–Crippen LogP) is 8.63. The third-order valence-corrected chi connectivity index (χ3v) is 8.30. The number of amides is 1. The van der Waals surface area contributed by atoms with Crippen LogP contribution in [0.15, 0.2) is 84.9 Å². The van der Waals surface area contributed by atoms with E-state index in [2.05, 4.69) is 5.32 Å². The zero-order valence-corrected chi connectivity index (χ0v) is 25.6. The first-order valence-corrected chi connectivity index (χ1v) is 15.8. The van der Waals surface area contributed by atoms with Gasteiger partial charge in [0, 0.05) is 27.6 Å². The van der Waals surface area contributed by atoms with Crippen LogP contribution in [0.4, 0.5) is 23.2 Å². The van der Waals surface area contributed by atoms with Crippen LogP contribution in [-0.2, 0) is 27.5 Å². The quantitative estimate of drug-likeness (QED) is 0.0938. The minimum atomic E-state index is -4.59. The first kappa shape index (κ1) is 34.1.